The van der Waals surface area contributed by atoms with E-state index in [1.165, 1.54) is 31.2 Å². The van der Waals surface area contributed by atoms with Gasteiger partial charge in [-0.25, -0.2) is 13.1 Å². The number of rotatable bonds is 7. The fourth-order valence-corrected chi connectivity index (χ4v) is 3.49. The van der Waals surface area contributed by atoms with E-state index in [4.69, 9.17) is 0 Å². The lowest BCUT2D eigenvalue weighted by Gasteiger charge is -2.21. The van der Waals surface area contributed by atoms with Crippen molar-refractivity contribution in [2.75, 3.05) is 5.32 Å². The molecule has 1 unspecified atom stereocenters. The quantitative estimate of drug-likeness (QED) is 0.685. The maximum atomic E-state index is 12.3. The van der Waals surface area contributed by atoms with Crippen LogP contribution in [0.25, 0.3) is 0 Å². The van der Waals surface area contributed by atoms with Crippen LogP contribution in [0.5, 0.6) is 0 Å². The van der Waals surface area contributed by atoms with Gasteiger partial charge in [0.15, 0.2) is 0 Å². The van der Waals surface area contributed by atoms with Crippen molar-refractivity contribution in [3.05, 3.63) is 24.3 Å². The zero-order valence-corrected chi connectivity index (χ0v) is 14.8. The van der Waals surface area contributed by atoms with E-state index in [9.17, 15) is 18.0 Å². The number of hydrogen-bond donors (Lipinski definition) is 3. The summed E-state index contributed by atoms with van der Waals surface area (Å²) in [5.74, 6) is -0.695. The second-order valence-corrected chi connectivity index (χ2v) is 8.05. The van der Waals surface area contributed by atoms with Gasteiger partial charge in [-0.3, -0.25) is 9.59 Å². The van der Waals surface area contributed by atoms with Crippen LogP contribution < -0.4 is 15.4 Å². The Morgan fingerprint density at radius 2 is 1.71 bits per heavy atom. The van der Waals surface area contributed by atoms with Crippen LogP contribution in [0.15, 0.2) is 29.2 Å². The van der Waals surface area contributed by atoms with Gasteiger partial charge in [0, 0.05) is 18.7 Å². The third-order valence-electron chi connectivity index (χ3n) is 3.64. The molecule has 24 heavy (non-hydrogen) atoms. The summed E-state index contributed by atoms with van der Waals surface area (Å²) in [7, 11) is -3.51. The van der Waals surface area contributed by atoms with Crippen molar-refractivity contribution in [2.24, 2.45) is 5.92 Å². The van der Waals surface area contributed by atoms with Crippen molar-refractivity contribution < 1.29 is 18.0 Å². The number of sulfonamides is 1. The molecule has 0 radical (unpaired) electrons. The molecule has 1 aliphatic rings. The lowest BCUT2D eigenvalue weighted by molar-refractivity contribution is -0.126. The summed E-state index contributed by atoms with van der Waals surface area (Å²) >= 11 is 0. The van der Waals surface area contributed by atoms with E-state index in [-0.39, 0.29) is 28.7 Å². The Labute approximate surface area is 142 Å². The number of amides is 2. The molecular formula is C16H23N3O4S. The lowest BCUT2D eigenvalue weighted by Crippen LogP contribution is -2.46. The fourth-order valence-electron chi connectivity index (χ4n) is 2.18. The van der Waals surface area contributed by atoms with Crippen LogP contribution in [0.3, 0.4) is 0 Å². The van der Waals surface area contributed by atoms with E-state index in [2.05, 4.69) is 15.4 Å². The number of anilines is 1. The topological polar surface area (TPSA) is 104 Å². The molecule has 1 fully saturated rings. The SMILES string of the molecule is CC(=O)NC(C(=O)Nc1ccc(S(=O)(=O)NC2CC2)cc1)C(C)C. The van der Waals surface area contributed by atoms with Gasteiger partial charge in [0.05, 0.1) is 4.90 Å². The first kappa shape index (κ1) is 18.4. The zero-order valence-electron chi connectivity index (χ0n) is 14.0. The molecule has 0 spiro atoms. The summed E-state index contributed by atoms with van der Waals surface area (Å²) in [6.45, 7) is 5.02. The molecule has 1 aliphatic carbocycles. The molecule has 0 saturated heterocycles. The van der Waals surface area contributed by atoms with Gasteiger partial charge >= 0.3 is 0 Å². The molecule has 1 saturated carbocycles. The largest absolute Gasteiger partial charge is 0.344 e. The van der Waals surface area contributed by atoms with Crippen LogP contribution in [0.4, 0.5) is 5.69 Å². The molecule has 1 aromatic rings. The Kier molecular flexibility index (Phi) is 5.61. The second kappa shape index (κ2) is 7.31. The second-order valence-electron chi connectivity index (χ2n) is 6.33. The molecule has 2 rings (SSSR count). The molecule has 7 nitrogen and oxygen atoms in total. The molecule has 0 aromatic heterocycles. The highest BCUT2D eigenvalue weighted by molar-refractivity contribution is 7.89. The van der Waals surface area contributed by atoms with Crippen LogP contribution in [-0.2, 0) is 19.6 Å². The van der Waals surface area contributed by atoms with E-state index in [1.807, 2.05) is 13.8 Å². The molecule has 8 heteroatoms. The lowest BCUT2D eigenvalue weighted by atomic mass is 10.0. The third kappa shape index (κ3) is 5.04. The van der Waals surface area contributed by atoms with Crippen LogP contribution in [-0.4, -0.2) is 32.3 Å². The number of nitrogens with one attached hydrogen (secondary N) is 3. The van der Waals surface area contributed by atoms with Crippen molar-refractivity contribution in [1.29, 1.82) is 0 Å². The highest BCUT2D eigenvalue weighted by atomic mass is 32.2. The van der Waals surface area contributed by atoms with E-state index in [1.54, 1.807) is 0 Å². The van der Waals surface area contributed by atoms with E-state index >= 15 is 0 Å². The van der Waals surface area contributed by atoms with Gasteiger partial charge in [-0.05, 0) is 43.0 Å². The van der Waals surface area contributed by atoms with Crippen LogP contribution in [0.2, 0.25) is 0 Å². The molecule has 132 valence electrons. The highest BCUT2D eigenvalue weighted by Gasteiger charge is 2.28. The third-order valence-corrected chi connectivity index (χ3v) is 5.18. The Morgan fingerprint density at radius 1 is 1.12 bits per heavy atom. The zero-order chi connectivity index (χ0) is 17.9. The van der Waals surface area contributed by atoms with Crippen molar-refractivity contribution >= 4 is 27.5 Å². The van der Waals surface area contributed by atoms with Gasteiger partial charge in [-0.15, -0.1) is 0 Å². The first-order valence-electron chi connectivity index (χ1n) is 7.89. The van der Waals surface area contributed by atoms with Gasteiger partial charge in [0.2, 0.25) is 21.8 Å². The molecular weight excluding hydrogens is 330 g/mol. The molecule has 0 aliphatic heterocycles. The van der Waals surface area contributed by atoms with Crippen molar-refractivity contribution in [3.8, 4) is 0 Å². The predicted molar refractivity (Wildman–Crippen MR) is 90.9 cm³/mol. The predicted octanol–water partition coefficient (Wildman–Crippen LogP) is 1.23. The van der Waals surface area contributed by atoms with E-state index in [0.29, 0.717) is 5.69 Å². The molecule has 3 N–H and O–H groups in total. The Morgan fingerprint density at radius 3 is 2.17 bits per heavy atom. The first-order chi connectivity index (χ1) is 11.2. The maximum Gasteiger partial charge on any atom is 0.247 e. The van der Waals surface area contributed by atoms with Gasteiger partial charge in [-0.2, -0.15) is 0 Å². The van der Waals surface area contributed by atoms with E-state index in [0.717, 1.165) is 12.8 Å². The van der Waals surface area contributed by atoms with Gasteiger partial charge in [0.1, 0.15) is 6.04 Å². The fraction of sp³-hybridized carbons (Fsp3) is 0.500. The molecule has 0 heterocycles. The summed E-state index contributed by atoms with van der Waals surface area (Å²) in [5.41, 5.74) is 0.473. The summed E-state index contributed by atoms with van der Waals surface area (Å²) in [6, 6.07) is 5.35. The summed E-state index contributed by atoms with van der Waals surface area (Å²) in [6.07, 6.45) is 1.74. The Hall–Kier alpha value is -1.93. The van der Waals surface area contributed by atoms with Crippen molar-refractivity contribution in [2.45, 2.75) is 50.6 Å². The average Bonchev–Trinajstić information content (AvgIpc) is 3.28. The first-order valence-corrected chi connectivity index (χ1v) is 9.37. The number of carbonyl (C=O) groups excluding carboxylic acids is 2. The Balaban J connectivity index is 2.04. The Bertz CT molecular complexity index is 709. The van der Waals surface area contributed by atoms with Crippen LogP contribution in [0, 0.1) is 5.92 Å². The molecule has 1 aromatic carbocycles. The van der Waals surface area contributed by atoms with Gasteiger partial charge in [0.25, 0.3) is 0 Å². The van der Waals surface area contributed by atoms with Gasteiger partial charge < -0.3 is 10.6 Å². The molecule has 1 atom stereocenters. The van der Waals surface area contributed by atoms with Crippen molar-refractivity contribution in [1.82, 2.24) is 10.0 Å². The van der Waals surface area contributed by atoms with Crippen LogP contribution >= 0.6 is 0 Å². The maximum absolute atomic E-state index is 12.3. The van der Waals surface area contributed by atoms with E-state index < -0.39 is 16.1 Å². The number of hydrogen-bond acceptors (Lipinski definition) is 4. The number of carbonyl (C=O) groups is 2. The standard InChI is InChI=1S/C16H23N3O4S/c1-10(2)15(17-11(3)20)16(21)18-12-6-8-14(9-7-12)24(22,23)19-13-4-5-13/h6-10,13,15,19H,4-5H2,1-3H3,(H,17,20)(H,18,21). The minimum atomic E-state index is -3.51. The monoisotopic (exact) mass is 353 g/mol. The molecule has 2 amide bonds. The number of benzene rings is 1. The highest BCUT2D eigenvalue weighted by Crippen LogP contribution is 2.23. The summed E-state index contributed by atoms with van der Waals surface area (Å²) in [5, 5.41) is 5.30. The summed E-state index contributed by atoms with van der Waals surface area (Å²) in [4.78, 5) is 23.6. The molecule has 0 bridgehead atoms. The van der Waals surface area contributed by atoms with Crippen molar-refractivity contribution in [3.63, 3.8) is 0 Å². The minimum Gasteiger partial charge on any atom is -0.344 e. The minimum absolute atomic E-state index is 0.0406. The summed E-state index contributed by atoms with van der Waals surface area (Å²) < 4.78 is 26.8. The van der Waals surface area contributed by atoms with Crippen LogP contribution in [0.1, 0.15) is 33.6 Å². The average molecular weight is 353 g/mol. The normalized spacial score (nSPS) is 15.8. The smallest absolute Gasteiger partial charge is 0.247 e. The van der Waals surface area contributed by atoms with Gasteiger partial charge in [-0.1, -0.05) is 13.8 Å².